The summed E-state index contributed by atoms with van der Waals surface area (Å²) in [5.74, 6) is -0.404. The van der Waals surface area contributed by atoms with Crippen molar-refractivity contribution in [3.05, 3.63) is 53.7 Å². The number of rotatable bonds is 4. The highest BCUT2D eigenvalue weighted by molar-refractivity contribution is 7.80. The summed E-state index contributed by atoms with van der Waals surface area (Å²) in [6.07, 6.45) is 3.27. The van der Waals surface area contributed by atoms with Crippen molar-refractivity contribution in [2.75, 3.05) is 11.9 Å². The third kappa shape index (κ3) is 2.68. The highest BCUT2D eigenvalue weighted by atomic mass is 32.1. The number of nitrogens with zero attached hydrogens (tertiary/aromatic N) is 1. The van der Waals surface area contributed by atoms with Gasteiger partial charge in [-0.25, -0.2) is 4.39 Å². The van der Waals surface area contributed by atoms with Crippen LogP contribution < -0.4 is 10.6 Å². The minimum Gasteiger partial charge on any atom is -0.472 e. The lowest BCUT2D eigenvalue weighted by atomic mass is 10.1. The molecule has 0 spiro atoms. The summed E-state index contributed by atoms with van der Waals surface area (Å²) in [5.41, 5.74) is 7.47. The van der Waals surface area contributed by atoms with Crippen molar-refractivity contribution < 1.29 is 8.81 Å². The van der Waals surface area contributed by atoms with Crippen LogP contribution in [-0.4, -0.2) is 12.0 Å². The van der Waals surface area contributed by atoms with Gasteiger partial charge in [0.25, 0.3) is 0 Å². The normalized spacial score (nSPS) is 10.3. The number of furan rings is 1. The van der Waals surface area contributed by atoms with Gasteiger partial charge >= 0.3 is 0 Å². The Morgan fingerprint density at radius 2 is 2.22 bits per heavy atom. The summed E-state index contributed by atoms with van der Waals surface area (Å²) in [6.45, 7) is 0.641. The number of halogens is 1. The van der Waals surface area contributed by atoms with Crippen LogP contribution in [0.1, 0.15) is 11.1 Å². The molecule has 0 aliphatic rings. The topological polar surface area (TPSA) is 42.4 Å². The van der Waals surface area contributed by atoms with Crippen LogP contribution in [0.15, 0.2) is 41.2 Å². The number of hydrogen-bond acceptors (Lipinski definition) is 3. The molecule has 0 aliphatic carbocycles. The van der Waals surface area contributed by atoms with E-state index in [9.17, 15) is 4.39 Å². The molecule has 0 amide bonds. The molecule has 0 saturated heterocycles. The van der Waals surface area contributed by atoms with Gasteiger partial charge in [0.2, 0.25) is 0 Å². The molecule has 3 nitrogen and oxygen atoms in total. The number of nitrogens with two attached hydrogens (primary N) is 1. The first-order valence-corrected chi connectivity index (χ1v) is 5.80. The van der Waals surface area contributed by atoms with E-state index in [0.717, 1.165) is 11.3 Å². The molecule has 0 fully saturated rings. The maximum Gasteiger partial charge on any atom is 0.135 e. The molecule has 1 heterocycles. The lowest BCUT2D eigenvalue weighted by Gasteiger charge is -2.19. The monoisotopic (exact) mass is 264 g/mol. The van der Waals surface area contributed by atoms with E-state index in [1.54, 1.807) is 24.7 Å². The zero-order valence-corrected chi connectivity index (χ0v) is 10.7. The zero-order valence-electron chi connectivity index (χ0n) is 9.89. The van der Waals surface area contributed by atoms with Crippen LogP contribution in [0.4, 0.5) is 10.1 Å². The predicted octanol–water partition coefficient (Wildman–Crippen LogP) is 2.69. The SMILES string of the molecule is CN(Cc1ccoc1)c1ccc(C(N)=S)c(F)c1. The van der Waals surface area contributed by atoms with Crippen LogP contribution in [0.25, 0.3) is 0 Å². The van der Waals surface area contributed by atoms with Gasteiger partial charge in [-0.2, -0.15) is 0 Å². The van der Waals surface area contributed by atoms with Crippen molar-refractivity contribution in [2.24, 2.45) is 5.73 Å². The molecule has 2 N–H and O–H groups in total. The van der Waals surface area contributed by atoms with E-state index in [-0.39, 0.29) is 10.6 Å². The maximum atomic E-state index is 13.7. The number of anilines is 1. The van der Waals surface area contributed by atoms with E-state index in [0.29, 0.717) is 6.54 Å². The molecular weight excluding hydrogens is 251 g/mol. The van der Waals surface area contributed by atoms with E-state index in [1.807, 2.05) is 18.0 Å². The van der Waals surface area contributed by atoms with Gasteiger partial charge in [0.1, 0.15) is 10.8 Å². The third-order valence-electron chi connectivity index (χ3n) is 2.66. The van der Waals surface area contributed by atoms with E-state index < -0.39 is 5.82 Å². The molecule has 0 aliphatic heterocycles. The van der Waals surface area contributed by atoms with Crippen LogP contribution >= 0.6 is 12.2 Å². The Bertz CT molecular complexity index is 554. The fourth-order valence-corrected chi connectivity index (χ4v) is 1.85. The fourth-order valence-electron chi connectivity index (χ4n) is 1.69. The summed E-state index contributed by atoms with van der Waals surface area (Å²) < 4.78 is 18.7. The van der Waals surface area contributed by atoms with Gasteiger partial charge < -0.3 is 15.1 Å². The Balaban J connectivity index is 2.18. The second kappa shape index (κ2) is 5.18. The van der Waals surface area contributed by atoms with Gasteiger partial charge in [0, 0.05) is 30.4 Å². The number of benzene rings is 1. The summed E-state index contributed by atoms with van der Waals surface area (Å²) in [5, 5.41) is 0. The van der Waals surface area contributed by atoms with Crippen molar-refractivity contribution in [1.29, 1.82) is 0 Å². The first-order valence-electron chi connectivity index (χ1n) is 5.39. The van der Waals surface area contributed by atoms with Gasteiger partial charge in [-0.1, -0.05) is 12.2 Å². The summed E-state index contributed by atoms with van der Waals surface area (Å²) in [7, 11) is 1.88. The van der Waals surface area contributed by atoms with Gasteiger partial charge in [0.05, 0.1) is 12.5 Å². The summed E-state index contributed by atoms with van der Waals surface area (Å²) in [6, 6.07) is 6.68. The molecule has 1 aromatic heterocycles. The van der Waals surface area contributed by atoms with Crippen molar-refractivity contribution in [3.63, 3.8) is 0 Å². The largest absolute Gasteiger partial charge is 0.472 e. The second-order valence-electron chi connectivity index (χ2n) is 4.02. The smallest absolute Gasteiger partial charge is 0.135 e. The predicted molar refractivity (Wildman–Crippen MR) is 73.1 cm³/mol. The van der Waals surface area contributed by atoms with Crippen LogP contribution in [0.5, 0.6) is 0 Å². The summed E-state index contributed by atoms with van der Waals surface area (Å²) in [4.78, 5) is 1.98. The van der Waals surface area contributed by atoms with Crippen LogP contribution in [0, 0.1) is 5.82 Å². The van der Waals surface area contributed by atoms with Crippen molar-refractivity contribution in [1.82, 2.24) is 0 Å². The second-order valence-corrected chi connectivity index (χ2v) is 4.46. The van der Waals surface area contributed by atoms with E-state index in [4.69, 9.17) is 22.4 Å². The highest BCUT2D eigenvalue weighted by Gasteiger charge is 2.09. The van der Waals surface area contributed by atoms with Crippen LogP contribution in [0.2, 0.25) is 0 Å². The third-order valence-corrected chi connectivity index (χ3v) is 2.88. The van der Waals surface area contributed by atoms with Gasteiger partial charge in [-0.05, 0) is 24.3 Å². The quantitative estimate of drug-likeness (QED) is 0.862. The zero-order chi connectivity index (χ0) is 13.1. The molecule has 2 aromatic rings. The van der Waals surface area contributed by atoms with Gasteiger partial charge in [-0.3, -0.25) is 0 Å². The standard InChI is InChI=1S/C13H13FN2OS/c1-16(7-9-4-5-17-8-9)10-2-3-11(13(15)18)12(14)6-10/h2-6,8H,7H2,1H3,(H2,15,18). The first-order chi connectivity index (χ1) is 8.58. The summed E-state index contributed by atoms with van der Waals surface area (Å²) >= 11 is 4.76. The molecule has 0 radical (unpaired) electrons. The van der Waals surface area contributed by atoms with Crippen LogP contribution in [0.3, 0.4) is 0 Å². The van der Waals surface area contributed by atoms with Crippen molar-refractivity contribution in [2.45, 2.75) is 6.54 Å². The number of thiocarbonyl (C=S) groups is 1. The Morgan fingerprint density at radius 3 is 2.78 bits per heavy atom. The Hall–Kier alpha value is -1.88. The van der Waals surface area contributed by atoms with Crippen molar-refractivity contribution in [3.8, 4) is 0 Å². The van der Waals surface area contributed by atoms with E-state index in [1.165, 1.54) is 6.07 Å². The van der Waals surface area contributed by atoms with Gasteiger partial charge in [0.15, 0.2) is 0 Å². The minimum absolute atomic E-state index is 0.0662. The lowest BCUT2D eigenvalue weighted by molar-refractivity contribution is 0.563. The molecule has 0 saturated carbocycles. The minimum atomic E-state index is -0.404. The Kier molecular flexibility index (Phi) is 3.62. The average Bonchev–Trinajstić information content (AvgIpc) is 2.81. The highest BCUT2D eigenvalue weighted by Crippen LogP contribution is 2.19. The fraction of sp³-hybridized carbons (Fsp3) is 0.154. The number of hydrogen-bond donors (Lipinski definition) is 1. The molecule has 0 bridgehead atoms. The Labute approximate surface area is 110 Å². The molecule has 1 aromatic carbocycles. The Morgan fingerprint density at radius 1 is 1.44 bits per heavy atom. The van der Waals surface area contributed by atoms with Gasteiger partial charge in [-0.15, -0.1) is 0 Å². The van der Waals surface area contributed by atoms with Crippen molar-refractivity contribution >= 4 is 22.9 Å². The molecule has 18 heavy (non-hydrogen) atoms. The first kappa shape index (κ1) is 12.6. The lowest BCUT2D eigenvalue weighted by Crippen LogP contribution is -2.17. The average molecular weight is 264 g/mol. The molecule has 94 valence electrons. The molecule has 0 atom stereocenters. The van der Waals surface area contributed by atoms with E-state index in [2.05, 4.69) is 0 Å². The van der Waals surface area contributed by atoms with Crippen LogP contribution in [-0.2, 0) is 6.54 Å². The van der Waals surface area contributed by atoms with E-state index >= 15 is 0 Å². The maximum absolute atomic E-state index is 13.7. The molecule has 5 heteroatoms. The molecule has 2 rings (SSSR count). The molecular formula is C13H13FN2OS. The molecule has 0 unspecified atom stereocenters.